The fourth-order valence-corrected chi connectivity index (χ4v) is 2.45. The predicted molar refractivity (Wildman–Crippen MR) is 60.1 cm³/mol. The van der Waals surface area contributed by atoms with Crippen molar-refractivity contribution in [3.05, 3.63) is 0 Å². The van der Waals surface area contributed by atoms with Gasteiger partial charge in [0.2, 0.25) is 0 Å². The molecule has 0 amide bonds. The van der Waals surface area contributed by atoms with E-state index >= 15 is 0 Å². The Hall–Kier alpha value is -0.120. The van der Waals surface area contributed by atoms with Crippen LogP contribution in [0.25, 0.3) is 0 Å². The third-order valence-corrected chi connectivity index (χ3v) is 3.38. The van der Waals surface area contributed by atoms with Gasteiger partial charge in [0.25, 0.3) is 0 Å². The number of hydrogen-bond acceptors (Lipinski definition) is 3. The summed E-state index contributed by atoms with van der Waals surface area (Å²) in [6, 6.07) is 0. The van der Waals surface area contributed by atoms with E-state index in [2.05, 4.69) is 5.32 Å². The second-order valence-corrected chi connectivity index (χ2v) is 4.60. The molecule has 0 aromatic rings. The van der Waals surface area contributed by atoms with E-state index in [1.807, 2.05) is 0 Å². The van der Waals surface area contributed by atoms with Crippen LogP contribution in [0.5, 0.6) is 0 Å². The zero-order chi connectivity index (χ0) is 10.3. The van der Waals surface area contributed by atoms with Gasteiger partial charge in [-0.1, -0.05) is 12.8 Å². The van der Waals surface area contributed by atoms with Crippen molar-refractivity contribution in [2.75, 3.05) is 26.3 Å². The standard InChI is InChI=1S/C12H23NO2/c1-2-4-11(3-1)14-9-10-15-12-5-7-13-8-6-12/h11-13H,1-10H2. The number of piperidine rings is 1. The van der Waals surface area contributed by atoms with Gasteiger partial charge in [0.15, 0.2) is 0 Å². The quantitative estimate of drug-likeness (QED) is 0.705. The minimum atomic E-state index is 0.471. The zero-order valence-electron chi connectivity index (χ0n) is 9.54. The number of hydrogen-bond donors (Lipinski definition) is 1. The molecule has 1 saturated heterocycles. The molecule has 1 N–H and O–H groups in total. The summed E-state index contributed by atoms with van der Waals surface area (Å²) < 4.78 is 11.5. The Labute approximate surface area is 92.5 Å². The molecule has 0 atom stereocenters. The van der Waals surface area contributed by atoms with Gasteiger partial charge in [-0.25, -0.2) is 0 Å². The van der Waals surface area contributed by atoms with Crippen LogP contribution in [0.1, 0.15) is 38.5 Å². The van der Waals surface area contributed by atoms with Gasteiger partial charge < -0.3 is 14.8 Å². The lowest BCUT2D eigenvalue weighted by Crippen LogP contribution is -2.33. The van der Waals surface area contributed by atoms with E-state index in [9.17, 15) is 0 Å². The lowest BCUT2D eigenvalue weighted by molar-refractivity contribution is -0.0280. The summed E-state index contributed by atoms with van der Waals surface area (Å²) in [6.07, 6.45) is 8.52. The average molecular weight is 213 g/mol. The molecule has 0 aromatic carbocycles. The minimum absolute atomic E-state index is 0.471. The first-order valence-electron chi connectivity index (χ1n) is 6.39. The van der Waals surface area contributed by atoms with Crippen molar-refractivity contribution in [3.63, 3.8) is 0 Å². The molecule has 0 aromatic heterocycles. The molecule has 3 heteroatoms. The average Bonchev–Trinajstić information content (AvgIpc) is 2.79. The number of nitrogens with one attached hydrogen (secondary N) is 1. The van der Waals surface area contributed by atoms with E-state index in [1.165, 1.54) is 25.7 Å². The molecule has 0 radical (unpaired) electrons. The Morgan fingerprint density at radius 1 is 0.800 bits per heavy atom. The smallest absolute Gasteiger partial charge is 0.0704 e. The maximum Gasteiger partial charge on any atom is 0.0704 e. The molecule has 2 aliphatic rings. The van der Waals surface area contributed by atoms with Gasteiger partial charge in [-0.3, -0.25) is 0 Å². The molecule has 1 saturated carbocycles. The third kappa shape index (κ3) is 4.09. The Kier molecular flexibility index (Phi) is 4.90. The van der Waals surface area contributed by atoms with Crippen molar-refractivity contribution in [3.8, 4) is 0 Å². The van der Waals surface area contributed by atoms with E-state index in [1.54, 1.807) is 0 Å². The van der Waals surface area contributed by atoms with Gasteiger partial charge >= 0.3 is 0 Å². The molecule has 15 heavy (non-hydrogen) atoms. The third-order valence-electron chi connectivity index (χ3n) is 3.38. The van der Waals surface area contributed by atoms with E-state index < -0.39 is 0 Å². The van der Waals surface area contributed by atoms with Crippen LogP contribution < -0.4 is 5.32 Å². The summed E-state index contributed by atoms with van der Waals surface area (Å²) in [7, 11) is 0. The van der Waals surface area contributed by atoms with Crippen LogP contribution in [0.2, 0.25) is 0 Å². The second kappa shape index (κ2) is 6.46. The van der Waals surface area contributed by atoms with Crippen LogP contribution in [0.15, 0.2) is 0 Å². The van der Waals surface area contributed by atoms with Crippen molar-refractivity contribution in [2.45, 2.75) is 50.7 Å². The first kappa shape index (κ1) is 11.4. The topological polar surface area (TPSA) is 30.5 Å². The zero-order valence-corrected chi connectivity index (χ0v) is 9.54. The van der Waals surface area contributed by atoms with Gasteiger partial charge in [-0.2, -0.15) is 0 Å². The Balaban J connectivity index is 1.47. The monoisotopic (exact) mass is 213 g/mol. The highest BCUT2D eigenvalue weighted by molar-refractivity contribution is 4.69. The number of rotatable bonds is 5. The maximum absolute atomic E-state index is 5.78. The van der Waals surface area contributed by atoms with Crippen LogP contribution in [0.3, 0.4) is 0 Å². The summed E-state index contributed by atoms with van der Waals surface area (Å²) in [4.78, 5) is 0. The van der Waals surface area contributed by atoms with Gasteiger partial charge in [0.05, 0.1) is 25.4 Å². The van der Waals surface area contributed by atoms with Crippen LogP contribution in [-0.4, -0.2) is 38.5 Å². The van der Waals surface area contributed by atoms with Crippen LogP contribution >= 0.6 is 0 Å². The Bertz CT molecular complexity index is 163. The normalized spacial score (nSPS) is 24.8. The van der Waals surface area contributed by atoms with Crippen molar-refractivity contribution in [1.29, 1.82) is 0 Å². The van der Waals surface area contributed by atoms with E-state index in [-0.39, 0.29) is 0 Å². The van der Waals surface area contributed by atoms with Gasteiger partial charge in [-0.15, -0.1) is 0 Å². The first-order chi connectivity index (χ1) is 7.45. The molecule has 2 rings (SSSR count). The molecule has 2 fully saturated rings. The molecular formula is C12H23NO2. The SMILES string of the molecule is C1CCC(OCCOC2CCNCC2)C1. The lowest BCUT2D eigenvalue weighted by atomic mass is 10.1. The van der Waals surface area contributed by atoms with Crippen molar-refractivity contribution in [2.24, 2.45) is 0 Å². The lowest BCUT2D eigenvalue weighted by Gasteiger charge is -2.23. The molecule has 1 aliphatic carbocycles. The summed E-state index contributed by atoms with van der Waals surface area (Å²) >= 11 is 0. The minimum Gasteiger partial charge on any atom is -0.376 e. The highest BCUT2D eigenvalue weighted by atomic mass is 16.5. The predicted octanol–water partition coefficient (Wildman–Crippen LogP) is 1.71. The molecule has 0 bridgehead atoms. The molecule has 3 nitrogen and oxygen atoms in total. The van der Waals surface area contributed by atoms with Crippen LogP contribution in [-0.2, 0) is 9.47 Å². The van der Waals surface area contributed by atoms with Crippen molar-refractivity contribution < 1.29 is 9.47 Å². The Morgan fingerprint density at radius 3 is 1.93 bits per heavy atom. The van der Waals surface area contributed by atoms with Crippen LogP contribution in [0, 0.1) is 0 Å². The molecule has 1 heterocycles. The number of ether oxygens (including phenoxy) is 2. The molecule has 1 aliphatic heterocycles. The second-order valence-electron chi connectivity index (χ2n) is 4.60. The summed E-state index contributed by atoms with van der Waals surface area (Å²) in [5.74, 6) is 0. The maximum atomic E-state index is 5.78. The van der Waals surface area contributed by atoms with Gasteiger partial charge in [0, 0.05) is 0 Å². The molecule has 88 valence electrons. The fraction of sp³-hybridized carbons (Fsp3) is 1.00. The summed E-state index contributed by atoms with van der Waals surface area (Å²) in [5.41, 5.74) is 0. The Morgan fingerprint density at radius 2 is 1.33 bits per heavy atom. The van der Waals surface area contributed by atoms with E-state index in [0.717, 1.165) is 39.1 Å². The molecular weight excluding hydrogens is 190 g/mol. The fourth-order valence-electron chi connectivity index (χ4n) is 2.45. The highest BCUT2D eigenvalue weighted by Gasteiger charge is 2.16. The van der Waals surface area contributed by atoms with E-state index in [0.29, 0.717) is 12.2 Å². The molecule has 0 unspecified atom stereocenters. The summed E-state index contributed by atoms with van der Waals surface area (Å²) in [6.45, 7) is 3.78. The van der Waals surface area contributed by atoms with Gasteiger partial charge in [0.1, 0.15) is 0 Å². The highest BCUT2D eigenvalue weighted by Crippen LogP contribution is 2.20. The van der Waals surface area contributed by atoms with E-state index in [4.69, 9.17) is 9.47 Å². The first-order valence-corrected chi connectivity index (χ1v) is 6.39. The summed E-state index contributed by atoms with van der Waals surface area (Å²) in [5, 5.41) is 3.34. The van der Waals surface area contributed by atoms with Crippen molar-refractivity contribution in [1.82, 2.24) is 5.32 Å². The van der Waals surface area contributed by atoms with Crippen molar-refractivity contribution >= 4 is 0 Å². The largest absolute Gasteiger partial charge is 0.376 e. The molecule has 0 spiro atoms. The van der Waals surface area contributed by atoms with Crippen LogP contribution in [0.4, 0.5) is 0 Å². The van der Waals surface area contributed by atoms with Gasteiger partial charge in [-0.05, 0) is 38.8 Å².